The number of rotatable bonds is 10. The molecule has 0 aliphatic carbocycles. The maximum absolute atomic E-state index is 14.7. The van der Waals surface area contributed by atoms with Crippen molar-refractivity contribution in [2.45, 2.75) is 123 Å². The third-order valence-corrected chi connectivity index (χ3v) is 13.4. The number of Topliss-reactive ketones (excluding diaryl/α,β-unsaturated/α-hetero) is 1. The maximum Gasteiger partial charge on any atom is 0.315 e. The van der Waals surface area contributed by atoms with E-state index in [-0.39, 0.29) is 68.4 Å². The number of allylic oxidation sites excluding steroid dienone is 4. The second kappa shape index (κ2) is 21.6. The molecule has 8 rings (SSSR count). The number of aliphatic hydroxyl groups is 1. The fourth-order valence-corrected chi connectivity index (χ4v) is 9.50. The Bertz CT molecular complexity index is 2660. The van der Waals surface area contributed by atoms with Gasteiger partial charge in [-0.3, -0.25) is 24.2 Å². The van der Waals surface area contributed by atoms with Crippen LogP contribution in [0.15, 0.2) is 76.5 Å². The SMILES string of the molecule is C/C1=C/C=C/C(C)CCC(O)C[C@H](OC(=O)CC(=O)NCCCN(C)c2ccccc2)CC/C=C/OC2(C)Oc3c(C)c(O)c4c(O)c(c5c(c4c3C2=O)NC2(CCN(CC(C)C)CC2)N=5)=NC1=O. The quantitative estimate of drug-likeness (QED) is 0.0643. The smallest absolute Gasteiger partial charge is 0.315 e. The molecule has 0 radical (unpaired) electrons. The van der Waals surface area contributed by atoms with Crippen LogP contribution in [0.5, 0.6) is 17.2 Å². The Morgan fingerprint density at radius 3 is 2.51 bits per heavy atom. The van der Waals surface area contributed by atoms with Crippen LogP contribution in [-0.4, -0.2) is 107 Å². The molecule has 16 nitrogen and oxygen atoms in total. The summed E-state index contributed by atoms with van der Waals surface area (Å²) in [5, 5.41) is 41.7. The largest absolute Gasteiger partial charge is 0.507 e. The summed E-state index contributed by atoms with van der Waals surface area (Å²) in [6, 6.07) is 9.90. The molecule has 1 spiro atoms. The minimum atomic E-state index is -1.90. The van der Waals surface area contributed by atoms with Crippen LogP contribution >= 0.6 is 0 Å². The second-order valence-electron chi connectivity index (χ2n) is 19.6. The molecule has 0 saturated carbocycles. The number of aromatic hydroxyl groups is 2. The van der Waals surface area contributed by atoms with Crippen molar-refractivity contribution >= 4 is 45.7 Å². The number of likely N-dealkylation sites (tertiary alicyclic amines) is 1. The Kier molecular flexibility index (Phi) is 15.8. The number of hydrogen-bond acceptors (Lipinski definition) is 14. The van der Waals surface area contributed by atoms with Crippen molar-refractivity contribution in [1.82, 2.24) is 10.2 Å². The fraction of sp³-hybridized carbons (Fsp3) is 0.509. The highest BCUT2D eigenvalue weighted by molar-refractivity contribution is 6.21. The van der Waals surface area contributed by atoms with E-state index in [4.69, 9.17) is 19.2 Å². The van der Waals surface area contributed by atoms with E-state index in [1.54, 1.807) is 32.1 Å². The number of anilines is 2. The van der Waals surface area contributed by atoms with E-state index in [0.717, 1.165) is 25.3 Å². The van der Waals surface area contributed by atoms with Gasteiger partial charge in [0.15, 0.2) is 5.75 Å². The van der Waals surface area contributed by atoms with Gasteiger partial charge in [0.1, 0.15) is 40.4 Å². The third kappa shape index (κ3) is 11.6. The number of ketones is 1. The first-order valence-electron chi connectivity index (χ1n) is 24.3. The predicted octanol–water partition coefficient (Wildman–Crippen LogP) is 6.43. The van der Waals surface area contributed by atoms with Crippen molar-refractivity contribution in [1.29, 1.82) is 0 Å². The molecule has 2 amide bonds. The van der Waals surface area contributed by atoms with Gasteiger partial charge in [-0.05, 0) is 76.0 Å². The summed E-state index contributed by atoms with van der Waals surface area (Å²) < 4.78 is 18.2. The summed E-state index contributed by atoms with van der Waals surface area (Å²) in [6.07, 6.45) is 9.79. The molecular formula is C53H68N6O10. The van der Waals surface area contributed by atoms with E-state index in [1.807, 2.05) is 50.4 Å². The lowest BCUT2D eigenvalue weighted by molar-refractivity contribution is -0.152. The van der Waals surface area contributed by atoms with Crippen molar-refractivity contribution in [2.75, 3.05) is 50.0 Å². The molecule has 16 heteroatoms. The number of carbonyl (C=O) groups is 4. The molecule has 0 aromatic heterocycles. The number of esters is 1. The first kappa shape index (κ1) is 50.6. The number of nitrogens with one attached hydrogen (secondary N) is 2. The van der Waals surface area contributed by atoms with Crippen LogP contribution in [0.1, 0.15) is 108 Å². The van der Waals surface area contributed by atoms with Gasteiger partial charge in [0, 0.05) is 88.2 Å². The third-order valence-electron chi connectivity index (χ3n) is 13.4. The summed E-state index contributed by atoms with van der Waals surface area (Å²) in [5.41, 5.74) is 1.11. The molecule has 5 heterocycles. The molecule has 5 aliphatic rings. The summed E-state index contributed by atoms with van der Waals surface area (Å²) >= 11 is 0. The van der Waals surface area contributed by atoms with E-state index >= 15 is 0 Å². The number of aliphatic hydroxyl groups excluding tert-OH is 1. The van der Waals surface area contributed by atoms with E-state index in [9.17, 15) is 34.5 Å². The molecule has 3 unspecified atom stereocenters. The first-order chi connectivity index (χ1) is 32.9. The zero-order valence-electron chi connectivity index (χ0n) is 41.0. The topological polar surface area (TPSA) is 212 Å². The van der Waals surface area contributed by atoms with Gasteiger partial charge in [0.25, 0.3) is 11.7 Å². The lowest BCUT2D eigenvalue weighted by Crippen LogP contribution is -2.47. The van der Waals surface area contributed by atoms with Gasteiger partial charge in [-0.25, -0.2) is 4.99 Å². The number of fused-ring (bicyclic) bond motifs is 13. The molecule has 5 N–H and O–H groups in total. The summed E-state index contributed by atoms with van der Waals surface area (Å²) in [4.78, 5) is 68.5. The number of nitrogens with zero attached hydrogens (tertiary/aromatic N) is 4. The number of phenols is 2. The van der Waals surface area contributed by atoms with Crippen LogP contribution in [0.3, 0.4) is 0 Å². The van der Waals surface area contributed by atoms with Gasteiger partial charge >= 0.3 is 11.8 Å². The van der Waals surface area contributed by atoms with Gasteiger partial charge in [-0.15, -0.1) is 0 Å². The van der Waals surface area contributed by atoms with Crippen LogP contribution in [0.25, 0.3) is 10.8 Å². The summed E-state index contributed by atoms with van der Waals surface area (Å²) in [5.74, 6) is -4.57. The van der Waals surface area contributed by atoms with Crippen LogP contribution in [0, 0.1) is 18.8 Å². The van der Waals surface area contributed by atoms with Crippen LogP contribution in [-0.2, 0) is 23.9 Å². The van der Waals surface area contributed by atoms with Crippen LogP contribution < -0.4 is 31.0 Å². The highest BCUT2D eigenvalue weighted by atomic mass is 16.7. The molecule has 4 atom stereocenters. The van der Waals surface area contributed by atoms with Gasteiger partial charge in [0.05, 0.1) is 29.0 Å². The fourth-order valence-electron chi connectivity index (χ4n) is 9.50. The first-order valence-corrected chi connectivity index (χ1v) is 24.3. The standard InChI is InChI=1S/C53H68N6O10/c1-32(2)31-59-26-22-53(23-27-59)56-44-41-42-47(63)35(5)49-43(41)50(65)52(6,69-49)67-28-12-11-19-38(68-40(62)30-39(61)54-24-14-25-58(7)36-17-9-8-10-18-36)29-37(60)21-20-33(3)15-13-16-34(4)51(66)55-46(48(42)64)45(44)57-53/h8-10,12-13,15-18,28,32-33,37-38,56,60,63-64H,11,14,19-27,29-31H2,1-7H3,(H,54,61)/b15-13+,28-12+,34-16-,55-46?/t33?,37?,38-,52?/m1/s1. The highest BCUT2D eigenvalue weighted by Crippen LogP contribution is 2.51. The Morgan fingerprint density at radius 2 is 1.78 bits per heavy atom. The van der Waals surface area contributed by atoms with Gasteiger partial charge in [-0.1, -0.05) is 57.2 Å². The van der Waals surface area contributed by atoms with Crippen molar-refractivity contribution < 1.29 is 48.7 Å². The van der Waals surface area contributed by atoms with Crippen molar-refractivity contribution in [2.24, 2.45) is 21.8 Å². The molecular weight excluding hydrogens is 881 g/mol. The second-order valence-corrected chi connectivity index (χ2v) is 19.6. The van der Waals surface area contributed by atoms with E-state index in [0.29, 0.717) is 63.2 Å². The number of piperidine rings is 1. The molecule has 5 aliphatic heterocycles. The summed E-state index contributed by atoms with van der Waals surface area (Å²) in [6.45, 7) is 14.5. The Hall–Kier alpha value is -6.26. The molecule has 370 valence electrons. The number of benzene rings is 3. The Balaban J connectivity index is 1.15. The van der Waals surface area contributed by atoms with E-state index in [2.05, 4.69) is 39.3 Å². The van der Waals surface area contributed by atoms with Crippen LogP contribution in [0.4, 0.5) is 11.4 Å². The molecule has 5 bridgehead atoms. The normalized spacial score (nSPS) is 24.6. The van der Waals surface area contributed by atoms with Crippen molar-refractivity contribution in [3.63, 3.8) is 0 Å². The predicted molar refractivity (Wildman–Crippen MR) is 263 cm³/mol. The molecule has 3 aromatic carbocycles. The zero-order valence-corrected chi connectivity index (χ0v) is 41.0. The molecule has 1 saturated heterocycles. The Morgan fingerprint density at radius 1 is 1.04 bits per heavy atom. The number of carbonyl (C=O) groups excluding carboxylic acids is 4. The number of hydrogen-bond donors (Lipinski definition) is 5. The maximum atomic E-state index is 14.7. The summed E-state index contributed by atoms with van der Waals surface area (Å²) in [7, 11) is 1.98. The van der Waals surface area contributed by atoms with Gasteiger partial charge in [0.2, 0.25) is 5.91 Å². The molecule has 3 aromatic rings. The van der Waals surface area contributed by atoms with Crippen molar-refractivity contribution in [3.8, 4) is 17.2 Å². The van der Waals surface area contributed by atoms with E-state index in [1.165, 1.54) is 13.2 Å². The number of phenolic OH excluding ortho intramolecular Hbond substituents is 2. The molecule has 1 fully saturated rings. The van der Waals surface area contributed by atoms with E-state index < -0.39 is 59.4 Å². The number of para-hydroxylation sites is 1. The average molecular weight is 949 g/mol. The average Bonchev–Trinajstić information content (AvgIpc) is 3.81. The van der Waals surface area contributed by atoms with Crippen LogP contribution in [0.2, 0.25) is 0 Å². The zero-order chi connectivity index (χ0) is 49.6. The number of ether oxygens (including phenoxy) is 3. The Labute approximate surface area is 403 Å². The number of amides is 2. The highest BCUT2D eigenvalue weighted by Gasteiger charge is 2.50. The molecule has 69 heavy (non-hydrogen) atoms. The minimum Gasteiger partial charge on any atom is -0.507 e. The minimum absolute atomic E-state index is 0.00150. The lowest BCUT2D eigenvalue weighted by Gasteiger charge is -2.38. The lowest BCUT2D eigenvalue weighted by atomic mass is 9.92. The van der Waals surface area contributed by atoms with Gasteiger partial charge in [-0.2, -0.15) is 0 Å². The monoisotopic (exact) mass is 948 g/mol. The van der Waals surface area contributed by atoms with Crippen molar-refractivity contribution in [3.05, 3.63) is 88.3 Å². The van der Waals surface area contributed by atoms with Gasteiger partial charge < -0.3 is 50.0 Å².